The van der Waals surface area contributed by atoms with Gasteiger partial charge in [-0.2, -0.15) is 0 Å². The van der Waals surface area contributed by atoms with Crippen molar-refractivity contribution < 1.29 is 8.78 Å². The van der Waals surface area contributed by atoms with Crippen LogP contribution >= 0.6 is 50.7 Å². The number of halogens is 6. The Hall–Kier alpha value is -0.620. The highest BCUT2D eigenvalue weighted by molar-refractivity contribution is 9.10. The summed E-state index contributed by atoms with van der Waals surface area (Å²) in [4.78, 5) is 3.88. The SMILES string of the molecule is Fc1cc(F)c(Nc2nc(Cl)c(Cl)cc2Cl)cc1Br. The Morgan fingerprint density at radius 3 is 2.37 bits per heavy atom. The van der Waals surface area contributed by atoms with Crippen molar-refractivity contribution >= 4 is 62.2 Å². The first-order valence-electron chi connectivity index (χ1n) is 4.81. The zero-order valence-corrected chi connectivity index (χ0v) is 12.8. The van der Waals surface area contributed by atoms with Crippen LogP contribution in [0.5, 0.6) is 0 Å². The van der Waals surface area contributed by atoms with Gasteiger partial charge in [0.25, 0.3) is 0 Å². The molecule has 0 saturated heterocycles. The molecule has 0 radical (unpaired) electrons. The van der Waals surface area contributed by atoms with Crippen molar-refractivity contribution in [3.63, 3.8) is 0 Å². The van der Waals surface area contributed by atoms with E-state index in [1.807, 2.05) is 0 Å². The van der Waals surface area contributed by atoms with Crippen LogP contribution in [0.15, 0.2) is 22.7 Å². The Balaban J connectivity index is 2.42. The Morgan fingerprint density at radius 1 is 1.00 bits per heavy atom. The van der Waals surface area contributed by atoms with E-state index in [-0.39, 0.29) is 31.2 Å². The molecule has 0 saturated carbocycles. The summed E-state index contributed by atoms with van der Waals surface area (Å²) >= 11 is 20.3. The summed E-state index contributed by atoms with van der Waals surface area (Å²) in [6, 6.07) is 3.33. The molecule has 0 aliphatic rings. The van der Waals surface area contributed by atoms with E-state index in [1.165, 1.54) is 12.1 Å². The number of nitrogens with zero attached hydrogens (tertiary/aromatic N) is 1. The van der Waals surface area contributed by atoms with E-state index < -0.39 is 11.6 Å². The molecule has 100 valence electrons. The minimum Gasteiger partial charge on any atom is -0.337 e. The molecule has 2 aromatic rings. The van der Waals surface area contributed by atoms with Gasteiger partial charge in [-0.15, -0.1) is 0 Å². The van der Waals surface area contributed by atoms with Crippen LogP contribution in [0, 0.1) is 11.6 Å². The van der Waals surface area contributed by atoms with Crippen LogP contribution in [0.4, 0.5) is 20.3 Å². The lowest BCUT2D eigenvalue weighted by molar-refractivity contribution is 0.581. The molecule has 0 aliphatic carbocycles. The van der Waals surface area contributed by atoms with Gasteiger partial charge >= 0.3 is 0 Å². The van der Waals surface area contributed by atoms with Crippen molar-refractivity contribution in [2.45, 2.75) is 0 Å². The van der Waals surface area contributed by atoms with Gasteiger partial charge in [0.05, 0.1) is 20.2 Å². The maximum absolute atomic E-state index is 13.6. The minimum absolute atomic E-state index is 0.000985. The van der Waals surface area contributed by atoms with Gasteiger partial charge in [0.2, 0.25) is 0 Å². The average Bonchev–Trinajstić information content (AvgIpc) is 2.32. The van der Waals surface area contributed by atoms with Gasteiger partial charge < -0.3 is 5.32 Å². The van der Waals surface area contributed by atoms with Gasteiger partial charge in [0, 0.05) is 6.07 Å². The molecule has 0 atom stereocenters. The van der Waals surface area contributed by atoms with E-state index in [0.29, 0.717) is 0 Å². The summed E-state index contributed by atoms with van der Waals surface area (Å²) in [5.41, 5.74) is 0.000985. The second-order valence-electron chi connectivity index (χ2n) is 3.46. The van der Waals surface area contributed by atoms with Crippen LogP contribution in [0.25, 0.3) is 0 Å². The lowest BCUT2D eigenvalue weighted by Gasteiger charge is -2.10. The minimum atomic E-state index is -0.787. The van der Waals surface area contributed by atoms with Gasteiger partial charge in [0.1, 0.15) is 16.8 Å². The molecule has 2 rings (SSSR count). The standard InChI is InChI=1S/C11H4BrCl3F2N2/c12-4-1-9(8(17)3-7(4)16)18-11-6(14)2-5(13)10(15)19-11/h1-3H,(H,18,19). The van der Waals surface area contributed by atoms with Crippen molar-refractivity contribution in [1.82, 2.24) is 4.98 Å². The molecular weight excluding hydrogens is 384 g/mol. The number of aromatic nitrogens is 1. The normalized spacial score (nSPS) is 10.6. The number of hydrogen-bond donors (Lipinski definition) is 1. The van der Waals surface area contributed by atoms with Crippen molar-refractivity contribution in [2.24, 2.45) is 0 Å². The largest absolute Gasteiger partial charge is 0.337 e. The molecule has 1 aromatic carbocycles. The van der Waals surface area contributed by atoms with E-state index in [9.17, 15) is 8.78 Å². The highest BCUT2D eigenvalue weighted by Crippen LogP contribution is 2.32. The Morgan fingerprint density at radius 2 is 1.68 bits per heavy atom. The van der Waals surface area contributed by atoms with Crippen molar-refractivity contribution in [3.05, 3.63) is 49.5 Å². The fourth-order valence-electron chi connectivity index (χ4n) is 1.28. The Labute approximate surface area is 130 Å². The fraction of sp³-hybridized carbons (Fsp3) is 0. The van der Waals surface area contributed by atoms with Gasteiger partial charge in [-0.05, 0) is 28.1 Å². The third kappa shape index (κ3) is 3.28. The highest BCUT2D eigenvalue weighted by atomic mass is 79.9. The van der Waals surface area contributed by atoms with Gasteiger partial charge in [-0.3, -0.25) is 0 Å². The van der Waals surface area contributed by atoms with E-state index >= 15 is 0 Å². The summed E-state index contributed by atoms with van der Waals surface area (Å²) in [7, 11) is 0. The maximum atomic E-state index is 13.6. The Bertz CT molecular complexity index is 597. The van der Waals surface area contributed by atoms with E-state index in [4.69, 9.17) is 34.8 Å². The summed E-state index contributed by atoms with van der Waals surface area (Å²) in [6.07, 6.45) is 0. The van der Waals surface area contributed by atoms with Crippen molar-refractivity contribution in [1.29, 1.82) is 0 Å². The number of pyridine rings is 1. The number of rotatable bonds is 2. The van der Waals surface area contributed by atoms with Crippen molar-refractivity contribution in [2.75, 3.05) is 5.32 Å². The predicted molar refractivity (Wildman–Crippen MR) is 76.6 cm³/mol. The van der Waals surface area contributed by atoms with Crippen molar-refractivity contribution in [3.8, 4) is 0 Å². The third-order valence-corrected chi connectivity index (χ3v) is 3.72. The first kappa shape index (κ1) is 14.8. The number of nitrogens with one attached hydrogen (secondary N) is 1. The number of hydrogen-bond acceptors (Lipinski definition) is 2. The van der Waals surface area contributed by atoms with Gasteiger partial charge in [-0.1, -0.05) is 34.8 Å². The lowest BCUT2D eigenvalue weighted by atomic mass is 10.3. The predicted octanol–water partition coefficient (Wildman–Crippen LogP) is 5.83. The fourth-order valence-corrected chi connectivity index (χ4v) is 2.17. The van der Waals surface area contributed by atoms with Crippen LogP contribution in [-0.4, -0.2) is 4.98 Å². The molecule has 0 aliphatic heterocycles. The monoisotopic (exact) mass is 386 g/mol. The quantitative estimate of drug-likeness (QED) is 0.517. The highest BCUT2D eigenvalue weighted by Gasteiger charge is 2.12. The molecule has 8 heteroatoms. The second-order valence-corrected chi connectivity index (χ2v) is 5.49. The lowest BCUT2D eigenvalue weighted by Crippen LogP contribution is -1.99. The summed E-state index contributed by atoms with van der Waals surface area (Å²) in [5, 5.41) is 2.98. The number of anilines is 2. The molecule has 1 heterocycles. The van der Waals surface area contributed by atoms with Crippen LogP contribution in [0.1, 0.15) is 0 Å². The molecule has 2 nitrogen and oxygen atoms in total. The topological polar surface area (TPSA) is 24.9 Å². The molecule has 0 bridgehead atoms. The second kappa shape index (κ2) is 5.79. The zero-order chi connectivity index (χ0) is 14.2. The first-order valence-corrected chi connectivity index (χ1v) is 6.74. The molecule has 19 heavy (non-hydrogen) atoms. The zero-order valence-electron chi connectivity index (χ0n) is 8.95. The van der Waals surface area contributed by atoms with Crippen LogP contribution in [0.2, 0.25) is 15.2 Å². The molecule has 1 N–H and O–H groups in total. The molecular formula is C11H4BrCl3F2N2. The van der Waals surface area contributed by atoms with E-state index in [0.717, 1.165) is 6.07 Å². The molecule has 0 unspecified atom stereocenters. The summed E-state index contributed by atoms with van der Waals surface area (Å²) < 4.78 is 26.8. The third-order valence-electron chi connectivity index (χ3n) is 2.15. The molecule has 0 spiro atoms. The molecule has 0 amide bonds. The molecule has 1 aromatic heterocycles. The van der Waals surface area contributed by atoms with E-state index in [1.54, 1.807) is 0 Å². The first-order chi connectivity index (χ1) is 8.88. The van der Waals surface area contributed by atoms with Crippen LogP contribution in [0.3, 0.4) is 0 Å². The Kier molecular flexibility index (Phi) is 4.50. The number of benzene rings is 1. The van der Waals surface area contributed by atoms with Gasteiger partial charge in [-0.25, -0.2) is 13.8 Å². The smallest absolute Gasteiger partial charge is 0.151 e. The van der Waals surface area contributed by atoms with E-state index in [2.05, 4.69) is 26.2 Å². The molecule has 0 fully saturated rings. The van der Waals surface area contributed by atoms with Crippen LogP contribution in [-0.2, 0) is 0 Å². The summed E-state index contributed by atoms with van der Waals surface area (Å²) in [5.74, 6) is -1.38. The van der Waals surface area contributed by atoms with Crippen LogP contribution < -0.4 is 5.32 Å². The maximum Gasteiger partial charge on any atom is 0.151 e. The van der Waals surface area contributed by atoms with Gasteiger partial charge in [0.15, 0.2) is 5.82 Å². The summed E-state index contributed by atoms with van der Waals surface area (Å²) in [6.45, 7) is 0. The average molecular weight is 388 g/mol.